The molecule has 0 spiro atoms. The fourth-order valence-corrected chi connectivity index (χ4v) is 2.54. The number of ether oxygens (including phenoxy) is 1. The molecular formula is C10H18N2O3. The predicted molar refractivity (Wildman–Crippen MR) is 55.0 cm³/mol. The molecule has 1 saturated carbocycles. The quantitative estimate of drug-likeness (QED) is 0.703. The van der Waals surface area contributed by atoms with Crippen LogP contribution in [0.5, 0.6) is 0 Å². The van der Waals surface area contributed by atoms with Crippen molar-refractivity contribution in [1.82, 2.24) is 10.2 Å². The van der Waals surface area contributed by atoms with Crippen LogP contribution in [-0.4, -0.2) is 54.5 Å². The third kappa shape index (κ3) is 2.82. The van der Waals surface area contributed by atoms with E-state index in [0.29, 0.717) is 6.04 Å². The number of amides is 1. The first-order chi connectivity index (χ1) is 7.25. The van der Waals surface area contributed by atoms with Gasteiger partial charge in [0.25, 0.3) is 0 Å². The van der Waals surface area contributed by atoms with Gasteiger partial charge in [0.05, 0.1) is 13.2 Å². The van der Waals surface area contributed by atoms with Crippen molar-refractivity contribution in [3.8, 4) is 0 Å². The van der Waals surface area contributed by atoms with E-state index in [1.54, 1.807) is 0 Å². The Morgan fingerprint density at radius 1 is 1.33 bits per heavy atom. The maximum Gasteiger partial charge on any atom is 0.404 e. The number of morpholine rings is 1. The largest absolute Gasteiger partial charge is 0.465 e. The minimum Gasteiger partial charge on any atom is -0.465 e. The molecule has 5 nitrogen and oxygen atoms in total. The Kier molecular flexibility index (Phi) is 3.43. The lowest BCUT2D eigenvalue weighted by Crippen LogP contribution is -2.43. The fourth-order valence-electron chi connectivity index (χ4n) is 2.54. The molecule has 2 N–H and O–H groups in total. The average Bonchev–Trinajstić information content (AvgIpc) is 2.67. The molecule has 0 aromatic rings. The zero-order valence-electron chi connectivity index (χ0n) is 8.82. The summed E-state index contributed by atoms with van der Waals surface area (Å²) < 4.78 is 5.30. The maximum atomic E-state index is 10.5. The van der Waals surface area contributed by atoms with Gasteiger partial charge in [-0.05, 0) is 19.3 Å². The van der Waals surface area contributed by atoms with Gasteiger partial charge in [0.1, 0.15) is 0 Å². The Morgan fingerprint density at radius 3 is 2.73 bits per heavy atom. The summed E-state index contributed by atoms with van der Waals surface area (Å²) in [7, 11) is 0. The minimum absolute atomic E-state index is 0.148. The van der Waals surface area contributed by atoms with E-state index in [4.69, 9.17) is 9.84 Å². The van der Waals surface area contributed by atoms with Crippen LogP contribution in [-0.2, 0) is 4.74 Å². The third-order valence-electron chi connectivity index (χ3n) is 3.29. The van der Waals surface area contributed by atoms with Crippen LogP contribution in [0, 0.1) is 0 Å². The van der Waals surface area contributed by atoms with Crippen molar-refractivity contribution in [3.63, 3.8) is 0 Å². The first kappa shape index (κ1) is 10.7. The van der Waals surface area contributed by atoms with Gasteiger partial charge < -0.3 is 15.2 Å². The van der Waals surface area contributed by atoms with Crippen molar-refractivity contribution < 1.29 is 14.6 Å². The van der Waals surface area contributed by atoms with Gasteiger partial charge in [-0.1, -0.05) is 0 Å². The second-order valence-electron chi connectivity index (χ2n) is 4.26. The molecule has 1 saturated heterocycles. The van der Waals surface area contributed by atoms with Crippen LogP contribution < -0.4 is 5.32 Å². The van der Waals surface area contributed by atoms with E-state index in [1.165, 1.54) is 0 Å². The van der Waals surface area contributed by atoms with Gasteiger partial charge in [-0.15, -0.1) is 0 Å². The normalized spacial score (nSPS) is 32.8. The van der Waals surface area contributed by atoms with Crippen molar-refractivity contribution in [2.45, 2.75) is 31.3 Å². The molecule has 2 aliphatic rings. The van der Waals surface area contributed by atoms with Gasteiger partial charge in [0.15, 0.2) is 0 Å². The van der Waals surface area contributed by atoms with Crippen molar-refractivity contribution in [2.24, 2.45) is 0 Å². The number of nitrogens with zero attached hydrogens (tertiary/aromatic N) is 1. The molecule has 2 atom stereocenters. The van der Waals surface area contributed by atoms with Gasteiger partial charge in [-0.25, -0.2) is 4.79 Å². The molecule has 1 aliphatic carbocycles. The summed E-state index contributed by atoms with van der Waals surface area (Å²) in [4.78, 5) is 12.9. The topological polar surface area (TPSA) is 61.8 Å². The number of carbonyl (C=O) groups is 1. The number of nitrogens with one attached hydrogen (secondary N) is 1. The standard InChI is InChI=1S/C10H18N2O3/c13-10(14)11-8-1-2-9(7-8)12-3-5-15-6-4-12/h8-9,11H,1-7H2,(H,13,14)/t8-,9?/m0/s1. The molecule has 0 bridgehead atoms. The Labute approximate surface area is 89.4 Å². The van der Waals surface area contributed by atoms with E-state index >= 15 is 0 Å². The van der Waals surface area contributed by atoms with E-state index in [9.17, 15) is 4.79 Å². The Hall–Kier alpha value is -0.810. The first-order valence-electron chi connectivity index (χ1n) is 5.57. The number of rotatable bonds is 2. The Balaban J connectivity index is 1.78. The summed E-state index contributed by atoms with van der Waals surface area (Å²) in [6.45, 7) is 3.61. The second kappa shape index (κ2) is 4.81. The maximum absolute atomic E-state index is 10.5. The monoisotopic (exact) mass is 214 g/mol. The van der Waals surface area contributed by atoms with Gasteiger partial charge in [0, 0.05) is 25.2 Å². The van der Waals surface area contributed by atoms with Crippen LogP contribution in [0.2, 0.25) is 0 Å². The van der Waals surface area contributed by atoms with Gasteiger partial charge in [0.2, 0.25) is 0 Å². The molecule has 2 rings (SSSR count). The smallest absolute Gasteiger partial charge is 0.404 e. The zero-order valence-corrected chi connectivity index (χ0v) is 8.82. The van der Waals surface area contributed by atoms with Crippen molar-refractivity contribution in [1.29, 1.82) is 0 Å². The van der Waals surface area contributed by atoms with Crippen LogP contribution in [0.3, 0.4) is 0 Å². The highest BCUT2D eigenvalue weighted by Crippen LogP contribution is 2.24. The summed E-state index contributed by atoms with van der Waals surface area (Å²) in [5, 5.41) is 11.2. The first-order valence-corrected chi connectivity index (χ1v) is 5.57. The highest BCUT2D eigenvalue weighted by atomic mass is 16.5. The highest BCUT2D eigenvalue weighted by molar-refractivity contribution is 5.64. The zero-order chi connectivity index (χ0) is 10.7. The lowest BCUT2D eigenvalue weighted by Gasteiger charge is -2.32. The Bertz CT molecular complexity index is 229. The van der Waals surface area contributed by atoms with E-state index < -0.39 is 6.09 Å². The molecule has 0 aromatic carbocycles. The number of hydrogen-bond donors (Lipinski definition) is 2. The summed E-state index contributed by atoms with van der Waals surface area (Å²) in [6, 6.07) is 0.695. The van der Waals surface area contributed by atoms with Crippen molar-refractivity contribution in [3.05, 3.63) is 0 Å². The van der Waals surface area contributed by atoms with Crippen LogP contribution in [0.1, 0.15) is 19.3 Å². The van der Waals surface area contributed by atoms with Crippen molar-refractivity contribution in [2.75, 3.05) is 26.3 Å². The van der Waals surface area contributed by atoms with Crippen LogP contribution in [0.25, 0.3) is 0 Å². The Morgan fingerprint density at radius 2 is 2.07 bits per heavy atom. The number of carboxylic acid groups (broad SMARTS) is 1. The summed E-state index contributed by atoms with van der Waals surface area (Å²) in [5.74, 6) is 0. The molecule has 1 unspecified atom stereocenters. The molecular weight excluding hydrogens is 196 g/mol. The summed E-state index contributed by atoms with van der Waals surface area (Å²) in [6.07, 6.45) is 2.12. The van der Waals surface area contributed by atoms with Gasteiger partial charge in [-0.3, -0.25) is 4.90 Å². The summed E-state index contributed by atoms with van der Waals surface area (Å²) >= 11 is 0. The molecule has 86 valence electrons. The minimum atomic E-state index is -0.900. The highest BCUT2D eigenvalue weighted by Gasteiger charge is 2.30. The molecule has 2 fully saturated rings. The second-order valence-corrected chi connectivity index (χ2v) is 4.26. The van der Waals surface area contributed by atoms with Gasteiger partial charge >= 0.3 is 6.09 Å². The van der Waals surface area contributed by atoms with Crippen molar-refractivity contribution >= 4 is 6.09 Å². The van der Waals surface area contributed by atoms with E-state index in [-0.39, 0.29) is 6.04 Å². The predicted octanol–water partition coefficient (Wildman–Crippen LogP) is 0.507. The van der Waals surface area contributed by atoms with Crippen LogP contribution >= 0.6 is 0 Å². The number of hydrogen-bond acceptors (Lipinski definition) is 3. The van der Waals surface area contributed by atoms with E-state index in [2.05, 4.69) is 10.2 Å². The lowest BCUT2D eigenvalue weighted by atomic mass is 10.2. The molecule has 0 radical (unpaired) electrons. The SMILES string of the molecule is O=C(O)N[C@H]1CCC(N2CCOCC2)C1. The fraction of sp³-hybridized carbons (Fsp3) is 0.900. The molecule has 1 amide bonds. The van der Waals surface area contributed by atoms with Crippen LogP contribution in [0.4, 0.5) is 4.79 Å². The van der Waals surface area contributed by atoms with Gasteiger partial charge in [-0.2, -0.15) is 0 Å². The molecule has 15 heavy (non-hydrogen) atoms. The lowest BCUT2D eigenvalue weighted by molar-refractivity contribution is 0.0176. The molecule has 5 heteroatoms. The molecule has 0 aromatic heterocycles. The van der Waals surface area contributed by atoms with E-state index in [1.807, 2.05) is 0 Å². The molecule has 1 aliphatic heterocycles. The van der Waals surface area contributed by atoms with Crippen LogP contribution in [0.15, 0.2) is 0 Å². The third-order valence-corrected chi connectivity index (χ3v) is 3.29. The summed E-state index contributed by atoms with van der Waals surface area (Å²) in [5.41, 5.74) is 0. The van der Waals surface area contributed by atoms with E-state index in [0.717, 1.165) is 45.6 Å². The molecule has 1 heterocycles. The average molecular weight is 214 g/mol.